The number of nitrogens with two attached hydrogens (primary N) is 4. The molecule has 4 amide bonds. The van der Waals surface area contributed by atoms with Crippen molar-refractivity contribution in [1.82, 2.24) is 16.0 Å². The standard InChI is InChI=1S/C22H43N7O6/c1-13(2)18(29-19(31)14(25)7-3-5-11-23)21(33)27-15(8-4-6-12-24)20(32)28-16(22(34)35)9-10-17(26)30/h13-16,18H,3-12,23-25H2,1-2H3,(H2,26,30)(H,27,33)(H,28,32)(H,29,31)(H,34,35). The van der Waals surface area contributed by atoms with Gasteiger partial charge < -0.3 is 44.0 Å². The van der Waals surface area contributed by atoms with Crippen molar-refractivity contribution in [2.24, 2.45) is 28.9 Å². The Labute approximate surface area is 206 Å². The smallest absolute Gasteiger partial charge is 0.326 e. The van der Waals surface area contributed by atoms with E-state index in [1.807, 2.05) is 0 Å². The van der Waals surface area contributed by atoms with Gasteiger partial charge in [0.1, 0.15) is 18.1 Å². The summed E-state index contributed by atoms with van der Waals surface area (Å²) in [6, 6.07) is -4.18. The van der Waals surface area contributed by atoms with Gasteiger partial charge in [0.25, 0.3) is 0 Å². The van der Waals surface area contributed by atoms with Crippen molar-refractivity contribution in [3.05, 3.63) is 0 Å². The van der Waals surface area contributed by atoms with Crippen LogP contribution in [-0.2, 0) is 24.0 Å². The zero-order valence-corrected chi connectivity index (χ0v) is 20.8. The maximum Gasteiger partial charge on any atom is 0.326 e. The maximum absolute atomic E-state index is 13.0. The molecule has 0 bridgehead atoms. The average Bonchev–Trinajstić information content (AvgIpc) is 2.78. The van der Waals surface area contributed by atoms with Crippen LogP contribution in [0.25, 0.3) is 0 Å². The first-order valence-corrected chi connectivity index (χ1v) is 12.0. The summed E-state index contributed by atoms with van der Waals surface area (Å²) >= 11 is 0. The van der Waals surface area contributed by atoms with Gasteiger partial charge in [0.15, 0.2) is 0 Å². The molecular weight excluding hydrogens is 458 g/mol. The quantitative estimate of drug-likeness (QED) is 0.0913. The van der Waals surface area contributed by atoms with Crippen LogP contribution in [0.4, 0.5) is 0 Å². The Kier molecular flexibility index (Phi) is 16.2. The summed E-state index contributed by atoms with van der Waals surface area (Å²) in [7, 11) is 0. The molecule has 12 N–H and O–H groups in total. The molecule has 0 aromatic heterocycles. The number of unbranched alkanes of at least 4 members (excludes halogenated alkanes) is 2. The molecule has 4 atom stereocenters. The summed E-state index contributed by atoms with van der Waals surface area (Å²) in [6.07, 6.45) is 2.69. The van der Waals surface area contributed by atoms with Gasteiger partial charge in [-0.15, -0.1) is 0 Å². The monoisotopic (exact) mass is 501 g/mol. The highest BCUT2D eigenvalue weighted by atomic mass is 16.4. The fraction of sp³-hybridized carbons (Fsp3) is 0.773. The number of nitrogens with one attached hydrogen (secondary N) is 3. The predicted octanol–water partition coefficient (Wildman–Crippen LogP) is -1.97. The van der Waals surface area contributed by atoms with Gasteiger partial charge in [-0.05, 0) is 57.5 Å². The highest BCUT2D eigenvalue weighted by molar-refractivity contribution is 5.94. The van der Waals surface area contributed by atoms with E-state index in [0.717, 1.165) is 6.42 Å². The summed E-state index contributed by atoms with van der Waals surface area (Å²) in [5.74, 6) is -4.15. The van der Waals surface area contributed by atoms with E-state index in [1.54, 1.807) is 13.8 Å². The van der Waals surface area contributed by atoms with Crippen molar-refractivity contribution >= 4 is 29.6 Å². The summed E-state index contributed by atoms with van der Waals surface area (Å²) in [5, 5.41) is 17.0. The van der Waals surface area contributed by atoms with E-state index in [0.29, 0.717) is 38.8 Å². The van der Waals surface area contributed by atoms with Gasteiger partial charge in [-0.3, -0.25) is 19.2 Å². The number of hydrogen-bond donors (Lipinski definition) is 8. The molecule has 0 saturated carbocycles. The minimum atomic E-state index is -1.35. The number of carboxylic acids is 1. The molecule has 0 saturated heterocycles. The Morgan fingerprint density at radius 2 is 1.29 bits per heavy atom. The van der Waals surface area contributed by atoms with Crippen molar-refractivity contribution in [3.63, 3.8) is 0 Å². The second kappa shape index (κ2) is 17.6. The van der Waals surface area contributed by atoms with Gasteiger partial charge >= 0.3 is 5.97 Å². The number of hydrogen-bond acceptors (Lipinski definition) is 8. The second-order valence-corrected chi connectivity index (χ2v) is 8.87. The summed E-state index contributed by atoms with van der Waals surface area (Å²) in [5.41, 5.74) is 22.0. The molecule has 0 aromatic carbocycles. The molecule has 0 aliphatic heterocycles. The predicted molar refractivity (Wildman–Crippen MR) is 130 cm³/mol. The highest BCUT2D eigenvalue weighted by Crippen LogP contribution is 2.08. The van der Waals surface area contributed by atoms with Crippen molar-refractivity contribution in [2.45, 2.75) is 89.4 Å². The van der Waals surface area contributed by atoms with Crippen LogP contribution in [0.5, 0.6) is 0 Å². The van der Waals surface area contributed by atoms with Crippen molar-refractivity contribution in [3.8, 4) is 0 Å². The van der Waals surface area contributed by atoms with E-state index in [-0.39, 0.29) is 25.2 Å². The van der Waals surface area contributed by atoms with Crippen molar-refractivity contribution in [1.29, 1.82) is 0 Å². The molecule has 13 nitrogen and oxygen atoms in total. The van der Waals surface area contributed by atoms with Gasteiger partial charge in [0.05, 0.1) is 6.04 Å². The van der Waals surface area contributed by atoms with E-state index in [9.17, 15) is 29.1 Å². The van der Waals surface area contributed by atoms with E-state index in [2.05, 4.69) is 16.0 Å². The van der Waals surface area contributed by atoms with Crippen LogP contribution in [0.1, 0.15) is 65.2 Å². The fourth-order valence-corrected chi connectivity index (χ4v) is 3.27. The van der Waals surface area contributed by atoms with Crippen LogP contribution in [0.3, 0.4) is 0 Å². The molecule has 0 aliphatic rings. The third kappa shape index (κ3) is 13.6. The molecule has 0 fully saturated rings. The number of carboxylic acid groups (broad SMARTS) is 1. The normalized spacial score (nSPS) is 14.5. The lowest BCUT2D eigenvalue weighted by molar-refractivity contribution is -0.142. The number of aliphatic carboxylic acids is 1. The minimum absolute atomic E-state index is 0.188. The summed E-state index contributed by atoms with van der Waals surface area (Å²) in [4.78, 5) is 60.9. The highest BCUT2D eigenvalue weighted by Gasteiger charge is 2.31. The number of amides is 4. The number of carbonyl (C=O) groups excluding carboxylic acids is 4. The van der Waals surface area contributed by atoms with E-state index in [1.165, 1.54) is 0 Å². The van der Waals surface area contributed by atoms with Crippen LogP contribution < -0.4 is 38.9 Å². The molecule has 13 heteroatoms. The van der Waals surface area contributed by atoms with Crippen LogP contribution in [-0.4, -0.2) is 72.0 Å². The molecular formula is C22H43N7O6. The van der Waals surface area contributed by atoms with Crippen molar-refractivity contribution in [2.75, 3.05) is 13.1 Å². The SMILES string of the molecule is CC(C)C(NC(=O)C(N)CCCCN)C(=O)NC(CCCCN)C(=O)NC(CCC(N)=O)C(=O)O. The first kappa shape index (κ1) is 32.2. The number of primary amides is 1. The molecule has 0 aromatic rings. The Morgan fingerprint density at radius 3 is 1.77 bits per heavy atom. The van der Waals surface area contributed by atoms with Gasteiger partial charge in [-0.25, -0.2) is 4.79 Å². The van der Waals surface area contributed by atoms with E-state index >= 15 is 0 Å². The number of rotatable bonds is 19. The second-order valence-electron chi connectivity index (χ2n) is 8.87. The largest absolute Gasteiger partial charge is 0.480 e. The Bertz CT molecular complexity index is 704. The summed E-state index contributed by atoms with van der Waals surface area (Å²) < 4.78 is 0. The molecule has 0 radical (unpaired) electrons. The first-order chi connectivity index (χ1) is 16.4. The van der Waals surface area contributed by atoms with Crippen LogP contribution in [0.15, 0.2) is 0 Å². The Balaban J connectivity index is 5.38. The lowest BCUT2D eigenvalue weighted by Crippen LogP contribution is -2.58. The van der Waals surface area contributed by atoms with Crippen LogP contribution >= 0.6 is 0 Å². The molecule has 0 heterocycles. The third-order valence-corrected chi connectivity index (χ3v) is 5.43. The van der Waals surface area contributed by atoms with Gasteiger partial charge in [0, 0.05) is 6.42 Å². The Morgan fingerprint density at radius 1 is 0.743 bits per heavy atom. The lowest BCUT2D eigenvalue weighted by Gasteiger charge is -2.27. The zero-order chi connectivity index (χ0) is 27.0. The average molecular weight is 502 g/mol. The van der Waals surface area contributed by atoms with Gasteiger partial charge in [-0.2, -0.15) is 0 Å². The molecule has 0 spiro atoms. The first-order valence-electron chi connectivity index (χ1n) is 12.0. The van der Waals surface area contributed by atoms with Gasteiger partial charge in [-0.1, -0.05) is 20.3 Å². The summed E-state index contributed by atoms with van der Waals surface area (Å²) in [6.45, 7) is 4.34. The van der Waals surface area contributed by atoms with Crippen molar-refractivity contribution < 1.29 is 29.1 Å². The maximum atomic E-state index is 13.0. The third-order valence-electron chi connectivity index (χ3n) is 5.43. The minimum Gasteiger partial charge on any atom is -0.480 e. The Hall–Kier alpha value is -2.77. The fourth-order valence-electron chi connectivity index (χ4n) is 3.27. The topological polar surface area (TPSA) is 246 Å². The zero-order valence-electron chi connectivity index (χ0n) is 20.8. The lowest BCUT2D eigenvalue weighted by atomic mass is 10.0. The van der Waals surface area contributed by atoms with Crippen LogP contribution in [0, 0.1) is 5.92 Å². The molecule has 0 rings (SSSR count). The molecule has 0 aliphatic carbocycles. The molecule has 202 valence electrons. The van der Waals surface area contributed by atoms with Gasteiger partial charge in [0.2, 0.25) is 23.6 Å². The van der Waals surface area contributed by atoms with E-state index in [4.69, 9.17) is 22.9 Å². The molecule has 4 unspecified atom stereocenters. The van der Waals surface area contributed by atoms with E-state index < -0.39 is 53.8 Å². The molecule has 35 heavy (non-hydrogen) atoms. The number of carbonyl (C=O) groups is 5. The van der Waals surface area contributed by atoms with Crippen LogP contribution in [0.2, 0.25) is 0 Å².